The van der Waals surface area contributed by atoms with E-state index in [1.165, 1.54) is 36.9 Å². The Morgan fingerprint density at radius 3 is 3.00 bits per heavy atom. The van der Waals surface area contributed by atoms with Crippen LogP contribution in [0.25, 0.3) is 10.2 Å². The number of aromatic nitrogens is 2. The molecule has 5 nitrogen and oxygen atoms in total. The Labute approximate surface area is 160 Å². The highest BCUT2D eigenvalue weighted by Gasteiger charge is 2.17. The third-order valence-electron chi connectivity index (χ3n) is 4.63. The number of thiophene rings is 1. The van der Waals surface area contributed by atoms with Crippen molar-refractivity contribution in [2.45, 2.75) is 31.7 Å². The molecule has 1 aromatic carbocycles. The van der Waals surface area contributed by atoms with Gasteiger partial charge in [-0.2, -0.15) is 4.98 Å². The second kappa shape index (κ2) is 6.53. The van der Waals surface area contributed by atoms with E-state index in [2.05, 4.69) is 47.8 Å². The van der Waals surface area contributed by atoms with Crippen molar-refractivity contribution in [1.82, 2.24) is 9.97 Å². The SMILES string of the molecule is C1=INc2ccc(Nc3nc(NC4CCCC4)nc4ccsc34)cc21. The molecule has 0 spiro atoms. The first-order valence-electron chi connectivity index (χ1n) is 8.50. The topological polar surface area (TPSA) is 61.9 Å². The maximum atomic E-state index is 4.78. The van der Waals surface area contributed by atoms with Gasteiger partial charge in [-0.25, -0.2) is 4.98 Å². The zero-order chi connectivity index (χ0) is 16.6. The van der Waals surface area contributed by atoms with Crippen molar-refractivity contribution < 1.29 is 0 Å². The predicted molar refractivity (Wildman–Crippen MR) is 116 cm³/mol. The molecule has 25 heavy (non-hydrogen) atoms. The van der Waals surface area contributed by atoms with E-state index in [1.54, 1.807) is 11.3 Å². The lowest BCUT2D eigenvalue weighted by Gasteiger charge is -2.14. The summed E-state index contributed by atoms with van der Waals surface area (Å²) in [5.74, 6) is 1.63. The van der Waals surface area contributed by atoms with Crippen molar-refractivity contribution in [1.29, 1.82) is 0 Å². The molecule has 1 saturated carbocycles. The number of halogens is 1. The molecule has 0 amide bonds. The second-order valence-electron chi connectivity index (χ2n) is 6.40. The van der Waals surface area contributed by atoms with E-state index in [0.717, 1.165) is 27.7 Å². The minimum absolute atomic E-state index is 0.0321. The van der Waals surface area contributed by atoms with E-state index in [4.69, 9.17) is 9.97 Å². The lowest BCUT2D eigenvalue weighted by atomic mass is 10.2. The first-order valence-corrected chi connectivity index (χ1v) is 11.7. The van der Waals surface area contributed by atoms with E-state index < -0.39 is 0 Å². The van der Waals surface area contributed by atoms with Gasteiger partial charge in [0.25, 0.3) is 0 Å². The van der Waals surface area contributed by atoms with Crippen LogP contribution in [-0.2, 0) is 0 Å². The zero-order valence-electron chi connectivity index (χ0n) is 13.6. The number of nitrogens with zero attached hydrogens (tertiary/aromatic N) is 2. The number of hydrogen-bond donors (Lipinski definition) is 3. The van der Waals surface area contributed by atoms with Crippen LogP contribution in [0.2, 0.25) is 0 Å². The molecule has 3 N–H and O–H groups in total. The second-order valence-corrected chi connectivity index (χ2v) is 9.10. The molecular weight excluding hydrogens is 445 g/mol. The standard InChI is InChI=1S/C18H18IN5S/c1-2-4-12(3-1)21-18-22-15-7-8-25-16(15)17(23-18)20-13-5-6-14-11(9-13)10-19-24-14/h5-10,12,24H,1-4H2,(H2,20,21,22,23). The van der Waals surface area contributed by atoms with Crippen molar-refractivity contribution in [2.75, 3.05) is 14.2 Å². The quantitative estimate of drug-likeness (QED) is 0.365. The third kappa shape index (κ3) is 3.10. The Kier molecular flexibility index (Phi) is 4.05. The lowest BCUT2D eigenvalue weighted by molar-refractivity contribution is 0.745. The van der Waals surface area contributed by atoms with E-state index in [9.17, 15) is 0 Å². The molecule has 2 aromatic heterocycles. The fraction of sp³-hybridized carbons (Fsp3) is 0.278. The summed E-state index contributed by atoms with van der Waals surface area (Å²) in [6, 6.07) is 9.03. The Morgan fingerprint density at radius 1 is 1.16 bits per heavy atom. The maximum absolute atomic E-state index is 4.78. The summed E-state index contributed by atoms with van der Waals surface area (Å²) in [7, 11) is 0. The molecule has 2 aliphatic rings. The van der Waals surface area contributed by atoms with Crippen molar-refractivity contribution in [3.05, 3.63) is 35.2 Å². The Morgan fingerprint density at radius 2 is 2.08 bits per heavy atom. The molecule has 3 aromatic rings. The van der Waals surface area contributed by atoms with Crippen molar-refractivity contribution >= 4 is 69.7 Å². The van der Waals surface area contributed by atoms with Gasteiger partial charge in [0.1, 0.15) is 0 Å². The number of benzene rings is 1. The van der Waals surface area contributed by atoms with Gasteiger partial charge in [0.15, 0.2) is 5.82 Å². The van der Waals surface area contributed by atoms with Crippen LogP contribution in [0.5, 0.6) is 0 Å². The Balaban J connectivity index is 1.48. The fourth-order valence-corrected chi connectivity index (χ4v) is 5.97. The fourth-order valence-electron chi connectivity index (χ4n) is 3.36. The van der Waals surface area contributed by atoms with Crippen molar-refractivity contribution in [2.24, 2.45) is 0 Å². The summed E-state index contributed by atoms with van der Waals surface area (Å²) in [4.78, 5) is 9.48. The molecule has 0 radical (unpaired) electrons. The molecule has 3 heterocycles. The molecule has 0 saturated heterocycles. The molecule has 1 aliphatic carbocycles. The van der Waals surface area contributed by atoms with Crippen LogP contribution in [0, 0.1) is 0 Å². The van der Waals surface area contributed by atoms with Crippen LogP contribution in [0.1, 0.15) is 31.2 Å². The summed E-state index contributed by atoms with van der Waals surface area (Å²) in [6.07, 6.45) is 5.02. The smallest absolute Gasteiger partial charge is 0.225 e. The molecule has 7 heteroatoms. The van der Waals surface area contributed by atoms with E-state index in [-0.39, 0.29) is 21.0 Å². The van der Waals surface area contributed by atoms with Gasteiger partial charge in [-0.05, 0) is 67.5 Å². The van der Waals surface area contributed by atoms with Crippen LogP contribution in [0.3, 0.4) is 0 Å². The monoisotopic (exact) mass is 463 g/mol. The molecule has 0 atom stereocenters. The number of nitrogens with one attached hydrogen (secondary N) is 3. The van der Waals surface area contributed by atoms with E-state index >= 15 is 0 Å². The lowest BCUT2D eigenvalue weighted by Crippen LogP contribution is -2.17. The average molecular weight is 463 g/mol. The van der Waals surface area contributed by atoms with Gasteiger partial charge in [0.05, 0.1) is 15.9 Å². The number of rotatable bonds is 4. The first-order chi connectivity index (χ1) is 12.3. The highest BCUT2D eigenvalue weighted by molar-refractivity contribution is 14.2. The van der Waals surface area contributed by atoms with Crippen LogP contribution < -0.4 is 14.2 Å². The molecule has 1 fully saturated rings. The van der Waals surface area contributed by atoms with Gasteiger partial charge in [0, 0.05) is 17.3 Å². The van der Waals surface area contributed by atoms with Gasteiger partial charge >= 0.3 is 0 Å². The van der Waals surface area contributed by atoms with Crippen molar-refractivity contribution in [3.8, 4) is 0 Å². The first kappa shape index (κ1) is 15.5. The average Bonchev–Trinajstić information content (AvgIpc) is 3.35. The molecule has 5 rings (SSSR count). The largest absolute Gasteiger partial charge is 0.351 e. The van der Waals surface area contributed by atoms with E-state index in [0.29, 0.717) is 6.04 Å². The summed E-state index contributed by atoms with van der Waals surface area (Å²) >= 11 is 1.65. The van der Waals surface area contributed by atoms with Crippen LogP contribution in [-0.4, -0.2) is 20.0 Å². The predicted octanol–water partition coefficient (Wildman–Crippen LogP) is 5.25. The van der Waals surface area contributed by atoms with Gasteiger partial charge in [-0.15, -0.1) is 11.3 Å². The van der Waals surface area contributed by atoms with Crippen molar-refractivity contribution in [3.63, 3.8) is 0 Å². The highest BCUT2D eigenvalue weighted by atomic mass is 127. The number of fused-ring (bicyclic) bond motifs is 2. The normalized spacial score (nSPS) is 16.5. The molecule has 0 unspecified atom stereocenters. The van der Waals surface area contributed by atoms with Gasteiger partial charge in [-0.3, -0.25) is 0 Å². The minimum Gasteiger partial charge on any atom is -0.351 e. The zero-order valence-corrected chi connectivity index (χ0v) is 16.5. The summed E-state index contributed by atoms with van der Waals surface area (Å²) in [5.41, 5.74) is 4.61. The van der Waals surface area contributed by atoms with Gasteiger partial charge < -0.3 is 14.2 Å². The van der Waals surface area contributed by atoms with Crippen LogP contribution in [0.15, 0.2) is 29.6 Å². The Bertz CT molecular complexity index is 961. The summed E-state index contributed by atoms with van der Waals surface area (Å²) < 4.78 is 6.88. The highest BCUT2D eigenvalue weighted by Crippen LogP contribution is 2.33. The van der Waals surface area contributed by atoms with Crippen LogP contribution >= 0.6 is 32.3 Å². The number of hydrogen-bond acceptors (Lipinski definition) is 6. The van der Waals surface area contributed by atoms with Gasteiger partial charge in [0.2, 0.25) is 5.95 Å². The summed E-state index contributed by atoms with van der Waals surface area (Å²) in [5, 5.41) is 9.11. The molecule has 128 valence electrons. The Hall–Kier alpha value is -1.74. The molecular formula is C18H18IN5S. The third-order valence-corrected chi connectivity index (χ3v) is 7.42. The number of anilines is 4. The van der Waals surface area contributed by atoms with Crippen LogP contribution in [0.4, 0.5) is 23.1 Å². The molecule has 1 aliphatic heterocycles. The minimum atomic E-state index is -0.0321. The molecule has 0 bridgehead atoms. The summed E-state index contributed by atoms with van der Waals surface area (Å²) in [6.45, 7) is 0. The van der Waals surface area contributed by atoms with E-state index in [1.807, 2.05) is 0 Å². The maximum Gasteiger partial charge on any atom is 0.225 e. The van der Waals surface area contributed by atoms with Gasteiger partial charge in [-0.1, -0.05) is 12.8 Å².